The minimum atomic E-state index is -0.508. The average molecular weight is 305 g/mol. The molecule has 0 aliphatic carbocycles. The summed E-state index contributed by atoms with van der Waals surface area (Å²) in [5.74, 6) is 0.0503. The number of esters is 1. The van der Waals surface area contributed by atoms with Crippen molar-refractivity contribution in [2.45, 2.75) is 59.2 Å². The van der Waals surface area contributed by atoms with Crippen LogP contribution in [0.25, 0.3) is 0 Å². The zero-order valence-electron chi connectivity index (χ0n) is 14.4. The molecule has 0 heterocycles. The van der Waals surface area contributed by atoms with Crippen LogP contribution in [-0.2, 0) is 11.3 Å². The molecule has 0 spiro atoms. The Morgan fingerprint density at radius 2 is 1.86 bits per heavy atom. The Bertz CT molecular complexity index is 552. The van der Waals surface area contributed by atoms with Crippen molar-refractivity contribution in [1.29, 1.82) is 0 Å². The largest absolute Gasteiger partial charge is 0.456 e. The number of guanidine groups is 1. The minimum absolute atomic E-state index is 0.133. The lowest BCUT2D eigenvalue weighted by Gasteiger charge is -2.21. The van der Waals surface area contributed by atoms with E-state index < -0.39 is 5.60 Å². The van der Waals surface area contributed by atoms with Gasteiger partial charge in [0.25, 0.3) is 0 Å². The number of carbonyl (C=O) groups is 1. The monoisotopic (exact) mass is 305 g/mol. The predicted molar refractivity (Wildman–Crippen MR) is 89.8 cm³/mol. The summed E-state index contributed by atoms with van der Waals surface area (Å²) in [5.41, 5.74) is 6.62. The van der Waals surface area contributed by atoms with E-state index in [0.29, 0.717) is 18.1 Å². The Hall–Kier alpha value is -2.04. The number of rotatable bonds is 3. The number of aliphatic imine (C=N–C) groups is 1. The van der Waals surface area contributed by atoms with Crippen LogP contribution >= 0.6 is 0 Å². The second kappa shape index (κ2) is 6.81. The molecular weight excluding hydrogens is 278 g/mol. The molecule has 0 atom stereocenters. The van der Waals surface area contributed by atoms with Crippen molar-refractivity contribution in [2.75, 3.05) is 0 Å². The summed E-state index contributed by atoms with van der Waals surface area (Å²) < 4.78 is 5.36. The van der Waals surface area contributed by atoms with Crippen LogP contribution in [0, 0.1) is 0 Å². The van der Waals surface area contributed by atoms with E-state index in [-0.39, 0.29) is 11.5 Å². The molecule has 22 heavy (non-hydrogen) atoms. The molecular formula is C17H27N3O2. The van der Waals surface area contributed by atoms with Gasteiger partial charge in [0.15, 0.2) is 5.96 Å². The first-order valence-electron chi connectivity index (χ1n) is 7.37. The van der Waals surface area contributed by atoms with Crippen molar-refractivity contribution in [3.05, 3.63) is 35.4 Å². The van der Waals surface area contributed by atoms with Crippen LogP contribution in [0.3, 0.4) is 0 Å². The zero-order valence-corrected chi connectivity index (χ0v) is 14.4. The summed E-state index contributed by atoms with van der Waals surface area (Å²) in [7, 11) is 0. The highest BCUT2D eigenvalue weighted by Gasteiger charge is 2.17. The summed E-state index contributed by atoms with van der Waals surface area (Å²) in [6.45, 7) is 12.0. The van der Waals surface area contributed by atoms with Crippen molar-refractivity contribution in [1.82, 2.24) is 5.32 Å². The van der Waals surface area contributed by atoms with Crippen LogP contribution in [0.15, 0.2) is 29.3 Å². The lowest BCUT2D eigenvalue weighted by Crippen LogP contribution is -2.44. The molecule has 0 fully saturated rings. The number of nitrogens with two attached hydrogens (primary N) is 1. The van der Waals surface area contributed by atoms with Crippen molar-refractivity contribution in [3.63, 3.8) is 0 Å². The third-order valence-electron chi connectivity index (χ3n) is 2.50. The maximum Gasteiger partial charge on any atom is 0.338 e. The quantitative estimate of drug-likeness (QED) is 0.511. The minimum Gasteiger partial charge on any atom is -0.456 e. The van der Waals surface area contributed by atoms with Crippen molar-refractivity contribution in [2.24, 2.45) is 10.7 Å². The molecule has 3 N–H and O–H groups in total. The molecule has 0 amide bonds. The van der Waals surface area contributed by atoms with Gasteiger partial charge in [-0.25, -0.2) is 9.79 Å². The molecule has 0 aliphatic rings. The number of hydrogen-bond donors (Lipinski definition) is 2. The zero-order chi connectivity index (χ0) is 17.0. The molecule has 0 bridgehead atoms. The first-order chi connectivity index (χ1) is 9.96. The van der Waals surface area contributed by atoms with E-state index in [1.807, 2.05) is 53.7 Å². The summed E-state index contributed by atoms with van der Waals surface area (Å²) >= 11 is 0. The number of hydrogen-bond acceptors (Lipinski definition) is 3. The lowest BCUT2D eigenvalue weighted by molar-refractivity contribution is 0.00694. The van der Waals surface area contributed by atoms with Gasteiger partial charge in [-0.3, -0.25) is 0 Å². The number of nitrogens with one attached hydrogen (secondary N) is 1. The Labute approximate surface area is 133 Å². The molecule has 1 aromatic rings. The third kappa shape index (κ3) is 7.11. The predicted octanol–water partition coefficient (Wildman–Crippen LogP) is 2.84. The maximum absolute atomic E-state index is 12.0. The Kier molecular flexibility index (Phi) is 5.58. The van der Waals surface area contributed by atoms with Crippen LogP contribution in [0.2, 0.25) is 0 Å². The van der Waals surface area contributed by atoms with E-state index in [0.717, 1.165) is 5.56 Å². The molecule has 0 radical (unpaired) electrons. The maximum atomic E-state index is 12.0. The first-order valence-corrected chi connectivity index (χ1v) is 7.37. The summed E-state index contributed by atoms with van der Waals surface area (Å²) in [6.07, 6.45) is 0. The highest BCUT2D eigenvalue weighted by atomic mass is 16.6. The molecule has 5 heteroatoms. The van der Waals surface area contributed by atoms with Gasteiger partial charge in [-0.1, -0.05) is 12.1 Å². The molecule has 0 saturated carbocycles. The average Bonchev–Trinajstić information content (AvgIpc) is 2.32. The van der Waals surface area contributed by atoms with E-state index in [4.69, 9.17) is 10.5 Å². The van der Waals surface area contributed by atoms with E-state index in [1.54, 1.807) is 12.1 Å². The molecule has 0 aliphatic heterocycles. The molecule has 0 aromatic heterocycles. The smallest absolute Gasteiger partial charge is 0.338 e. The van der Waals surface area contributed by atoms with E-state index in [1.165, 1.54) is 0 Å². The van der Waals surface area contributed by atoms with Gasteiger partial charge in [0.1, 0.15) is 5.60 Å². The molecule has 5 nitrogen and oxygen atoms in total. The number of benzene rings is 1. The number of ether oxygens (including phenoxy) is 1. The highest BCUT2D eigenvalue weighted by molar-refractivity contribution is 5.89. The van der Waals surface area contributed by atoms with Crippen LogP contribution < -0.4 is 11.1 Å². The summed E-state index contributed by atoms with van der Waals surface area (Å²) in [4.78, 5) is 16.3. The summed E-state index contributed by atoms with van der Waals surface area (Å²) in [5, 5.41) is 3.09. The first kappa shape index (κ1) is 18.0. The fourth-order valence-electron chi connectivity index (χ4n) is 1.73. The lowest BCUT2D eigenvalue weighted by atomic mass is 10.1. The Morgan fingerprint density at radius 1 is 1.23 bits per heavy atom. The fourth-order valence-corrected chi connectivity index (χ4v) is 1.73. The normalized spacial score (nSPS) is 12.9. The highest BCUT2D eigenvalue weighted by Crippen LogP contribution is 2.14. The Morgan fingerprint density at radius 3 is 2.41 bits per heavy atom. The van der Waals surface area contributed by atoms with Gasteiger partial charge >= 0.3 is 5.97 Å². The summed E-state index contributed by atoms with van der Waals surface area (Å²) in [6, 6.07) is 7.24. The van der Waals surface area contributed by atoms with Gasteiger partial charge in [-0.15, -0.1) is 0 Å². The van der Waals surface area contributed by atoms with Gasteiger partial charge in [-0.05, 0) is 59.2 Å². The van der Waals surface area contributed by atoms with E-state index >= 15 is 0 Å². The van der Waals surface area contributed by atoms with Gasteiger partial charge < -0.3 is 15.8 Å². The van der Waals surface area contributed by atoms with Crippen LogP contribution in [-0.4, -0.2) is 23.1 Å². The molecule has 1 aromatic carbocycles. The van der Waals surface area contributed by atoms with Gasteiger partial charge in [0.05, 0.1) is 12.1 Å². The second-order valence-electron chi connectivity index (χ2n) is 7.28. The molecule has 1 rings (SSSR count). The molecule has 0 unspecified atom stereocenters. The SMILES string of the molecule is CC(C)(C)NC(N)=NCc1cccc(C(=O)OC(C)(C)C)c1. The third-order valence-corrected chi connectivity index (χ3v) is 2.50. The van der Waals surface area contributed by atoms with Crippen molar-refractivity contribution >= 4 is 11.9 Å². The standard InChI is InChI=1S/C17H27N3O2/c1-16(2,3)20-15(18)19-11-12-8-7-9-13(10-12)14(21)22-17(4,5)6/h7-10H,11H2,1-6H3,(H3,18,19,20). The van der Waals surface area contributed by atoms with Crippen LogP contribution in [0.1, 0.15) is 57.5 Å². The van der Waals surface area contributed by atoms with Gasteiger partial charge in [-0.2, -0.15) is 0 Å². The van der Waals surface area contributed by atoms with E-state index in [2.05, 4.69) is 10.3 Å². The fraction of sp³-hybridized carbons (Fsp3) is 0.529. The Balaban J connectivity index is 2.77. The van der Waals surface area contributed by atoms with Crippen molar-refractivity contribution < 1.29 is 9.53 Å². The van der Waals surface area contributed by atoms with Crippen LogP contribution in [0.4, 0.5) is 0 Å². The van der Waals surface area contributed by atoms with Gasteiger partial charge in [0.2, 0.25) is 0 Å². The molecule has 0 saturated heterocycles. The van der Waals surface area contributed by atoms with Crippen LogP contribution in [0.5, 0.6) is 0 Å². The second-order valence-corrected chi connectivity index (χ2v) is 7.28. The van der Waals surface area contributed by atoms with E-state index in [9.17, 15) is 4.79 Å². The number of nitrogens with zero attached hydrogens (tertiary/aromatic N) is 1. The molecule has 122 valence electrons. The van der Waals surface area contributed by atoms with Gasteiger partial charge in [0, 0.05) is 5.54 Å². The number of carbonyl (C=O) groups excluding carboxylic acids is 1. The van der Waals surface area contributed by atoms with Crippen molar-refractivity contribution in [3.8, 4) is 0 Å². The topological polar surface area (TPSA) is 76.7 Å².